The number of carbonyl (C=O) groups excluding carboxylic acids is 1. The van der Waals surface area contributed by atoms with Crippen molar-refractivity contribution < 1.29 is 4.79 Å². The Morgan fingerprint density at radius 1 is 1.50 bits per heavy atom. The van der Waals surface area contributed by atoms with Crippen molar-refractivity contribution in [1.82, 2.24) is 10.6 Å². The largest absolute Gasteiger partial charge is 0.353 e. The van der Waals surface area contributed by atoms with Crippen molar-refractivity contribution in [3.05, 3.63) is 0 Å². The highest BCUT2D eigenvalue weighted by Gasteiger charge is 2.26. The van der Waals surface area contributed by atoms with Crippen molar-refractivity contribution in [2.75, 3.05) is 23.8 Å². The van der Waals surface area contributed by atoms with E-state index in [-0.39, 0.29) is 5.91 Å². The fourth-order valence-electron chi connectivity index (χ4n) is 2.72. The Morgan fingerprint density at radius 3 is 3.11 bits per heavy atom. The lowest BCUT2D eigenvalue weighted by Crippen LogP contribution is -2.43. The van der Waals surface area contributed by atoms with Gasteiger partial charge >= 0.3 is 0 Å². The maximum Gasteiger partial charge on any atom is 0.221 e. The van der Waals surface area contributed by atoms with Gasteiger partial charge in [0.1, 0.15) is 0 Å². The first-order valence-corrected chi connectivity index (χ1v) is 9.20. The van der Waals surface area contributed by atoms with Crippen LogP contribution in [-0.4, -0.2) is 47.0 Å². The van der Waals surface area contributed by atoms with Gasteiger partial charge in [-0.2, -0.15) is 23.5 Å². The van der Waals surface area contributed by atoms with E-state index in [0.717, 1.165) is 30.4 Å². The summed E-state index contributed by atoms with van der Waals surface area (Å²) in [5.74, 6) is 3.68. The fraction of sp³-hybridized carbons (Fsp3) is 0.923. The van der Waals surface area contributed by atoms with Crippen LogP contribution in [-0.2, 0) is 4.79 Å². The van der Waals surface area contributed by atoms with Gasteiger partial charge < -0.3 is 10.6 Å². The zero-order valence-electron chi connectivity index (χ0n) is 11.1. The maximum atomic E-state index is 12.0. The molecule has 104 valence electrons. The lowest BCUT2D eigenvalue weighted by molar-refractivity contribution is -0.122. The molecule has 18 heavy (non-hydrogen) atoms. The number of amides is 1. The van der Waals surface area contributed by atoms with Crippen LogP contribution in [0.3, 0.4) is 0 Å². The summed E-state index contributed by atoms with van der Waals surface area (Å²) in [6.07, 6.45) is 4.24. The van der Waals surface area contributed by atoms with Gasteiger partial charge in [0.05, 0.1) is 0 Å². The van der Waals surface area contributed by atoms with Gasteiger partial charge in [-0.25, -0.2) is 0 Å². The van der Waals surface area contributed by atoms with Gasteiger partial charge in [0, 0.05) is 41.8 Å². The Hall–Kier alpha value is 0.130. The smallest absolute Gasteiger partial charge is 0.221 e. The van der Waals surface area contributed by atoms with Crippen LogP contribution in [0.5, 0.6) is 0 Å². The first-order chi connectivity index (χ1) is 8.78. The third kappa shape index (κ3) is 4.67. The Kier molecular flexibility index (Phi) is 6.18. The molecule has 1 heterocycles. The molecule has 3 unspecified atom stereocenters. The number of thioether (sulfide) groups is 2. The first-order valence-electron chi connectivity index (χ1n) is 7.00. The summed E-state index contributed by atoms with van der Waals surface area (Å²) in [5, 5.41) is 7.40. The van der Waals surface area contributed by atoms with Crippen molar-refractivity contribution in [3.63, 3.8) is 0 Å². The Labute approximate surface area is 119 Å². The zero-order valence-corrected chi connectivity index (χ0v) is 12.7. The van der Waals surface area contributed by atoms with Gasteiger partial charge in [0.15, 0.2) is 0 Å². The zero-order chi connectivity index (χ0) is 12.8. The second-order valence-electron chi connectivity index (χ2n) is 5.08. The topological polar surface area (TPSA) is 41.1 Å². The third-order valence-corrected chi connectivity index (χ3v) is 5.95. The molecule has 0 bridgehead atoms. The fourth-order valence-corrected chi connectivity index (χ4v) is 4.81. The standard InChI is InChI=1S/C13H24N2OS2/c1-2-18-12-4-3-10(7-12)15-13(16)8-11-9-17-6-5-14-11/h10-12,14H,2-9H2,1H3,(H,15,16). The van der Waals surface area contributed by atoms with E-state index in [4.69, 9.17) is 0 Å². The number of hydrogen-bond donors (Lipinski definition) is 2. The van der Waals surface area contributed by atoms with Crippen LogP contribution in [0.4, 0.5) is 0 Å². The van der Waals surface area contributed by atoms with Crippen LogP contribution in [0.2, 0.25) is 0 Å². The summed E-state index contributed by atoms with van der Waals surface area (Å²) in [6.45, 7) is 3.25. The molecule has 2 N–H and O–H groups in total. The minimum atomic E-state index is 0.238. The van der Waals surface area contributed by atoms with E-state index in [9.17, 15) is 4.79 Å². The maximum absolute atomic E-state index is 12.0. The van der Waals surface area contributed by atoms with Crippen LogP contribution >= 0.6 is 23.5 Å². The van der Waals surface area contributed by atoms with E-state index in [1.165, 1.54) is 17.9 Å². The SMILES string of the molecule is CCSC1CCC(NC(=O)CC2CSCCN2)C1. The van der Waals surface area contributed by atoms with E-state index in [1.807, 2.05) is 23.5 Å². The van der Waals surface area contributed by atoms with Crippen LogP contribution < -0.4 is 10.6 Å². The molecule has 2 fully saturated rings. The molecule has 0 spiro atoms. The van der Waals surface area contributed by atoms with E-state index in [2.05, 4.69) is 17.6 Å². The number of hydrogen-bond acceptors (Lipinski definition) is 4. The summed E-state index contributed by atoms with van der Waals surface area (Å²) in [7, 11) is 0. The van der Waals surface area contributed by atoms with Gasteiger partial charge in [-0.1, -0.05) is 6.92 Å². The van der Waals surface area contributed by atoms with Crippen LogP contribution in [0.1, 0.15) is 32.6 Å². The summed E-state index contributed by atoms with van der Waals surface area (Å²) in [5.41, 5.74) is 0. The summed E-state index contributed by atoms with van der Waals surface area (Å²) >= 11 is 3.99. The molecule has 2 rings (SSSR count). The molecule has 1 aliphatic carbocycles. The molecule has 0 aromatic heterocycles. The van der Waals surface area contributed by atoms with Gasteiger partial charge in [-0.15, -0.1) is 0 Å². The molecule has 3 nitrogen and oxygen atoms in total. The van der Waals surface area contributed by atoms with E-state index < -0.39 is 0 Å². The monoisotopic (exact) mass is 288 g/mol. The minimum Gasteiger partial charge on any atom is -0.353 e. The van der Waals surface area contributed by atoms with Crippen molar-refractivity contribution in [2.45, 2.75) is 49.9 Å². The molecule has 1 amide bonds. The van der Waals surface area contributed by atoms with Crippen LogP contribution in [0.25, 0.3) is 0 Å². The molecule has 0 radical (unpaired) electrons. The lowest BCUT2D eigenvalue weighted by atomic mass is 10.2. The first kappa shape index (κ1) is 14.5. The second-order valence-corrected chi connectivity index (χ2v) is 7.81. The van der Waals surface area contributed by atoms with E-state index in [1.54, 1.807) is 0 Å². The Balaban J connectivity index is 1.65. The van der Waals surface area contributed by atoms with E-state index in [0.29, 0.717) is 18.5 Å². The molecule has 1 saturated carbocycles. The number of rotatable bonds is 5. The Bertz CT molecular complexity index is 270. The van der Waals surface area contributed by atoms with Gasteiger partial charge in [0.25, 0.3) is 0 Å². The van der Waals surface area contributed by atoms with Crippen LogP contribution in [0, 0.1) is 0 Å². The highest BCUT2D eigenvalue weighted by atomic mass is 32.2. The predicted molar refractivity (Wildman–Crippen MR) is 81.4 cm³/mol. The number of carbonyl (C=O) groups is 1. The second kappa shape index (κ2) is 7.65. The normalized spacial score (nSPS) is 32.4. The summed E-state index contributed by atoms with van der Waals surface area (Å²) in [4.78, 5) is 12.0. The lowest BCUT2D eigenvalue weighted by Gasteiger charge is -2.23. The number of nitrogens with one attached hydrogen (secondary N) is 2. The van der Waals surface area contributed by atoms with Crippen molar-refractivity contribution >= 4 is 29.4 Å². The third-order valence-electron chi connectivity index (χ3n) is 3.58. The highest BCUT2D eigenvalue weighted by molar-refractivity contribution is 7.99. The van der Waals surface area contributed by atoms with Gasteiger partial charge in [0.2, 0.25) is 5.91 Å². The van der Waals surface area contributed by atoms with Crippen molar-refractivity contribution in [3.8, 4) is 0 Å². The van der Waals surface area contributed by atoms with Crippen molar-refractivity contribution in [2.24, 2.45) is 0 Å². The average Bonchev–Trinajstić information content (AvgIpc) is 2.78. The quantitative estimate of drug-likeness (QED) is 0.810. The molecule has 5 heteroatoms. The molecule has 1 saturated heterocycles. The van der Waals surface area contributed by atoms with Crippen LogP contribution in [0.15, 0.2) is 0 Å². The predicted octanol–water partition coefficient (Wildman–Crippen LogP) is 1.87. The molecular formula is C13H24N2OS2. The Morgan fingerprint density at radius 2 is 2.39 bits per heavy atom. The molecule has 0 aromatic rings. The molecule has 0 aromatic carbocycles. The molecule has 3 atom stereocenters. The van der Waals surface area contributed by atoms with Gasteiger partial charge in [-0.05, 0) is 25.0 Å². The summed E-state index contributed by atoms with van der Waals surface area (Å²) < 4.78 is 0. The molecule has 2 aliphatic rings. The van der Waals surface area contributed by atoms with Gasteiger partial charge in [-0.3, -0.25) is 4.79 Å². The highest BCUT2D eigenvalue weighted by Crippen LogP contribution is 2.29. The summed E-state index contributed by atoms with van der Waals surface area (Å²) in [6, 6.07) is 0.809. The van der Waals surface area contributed by atoms with E-state index >= 15 is 0 Å². The average molecular weight is 288 g/mol. The van der Waals surface area contributed by atoms with Crippen molar-refractivity contribution in [1.29, 1.82) is 0 Å². The molecule has 1 aliphatic heterocycles. The molecular weight excluding hydrogens is 264 g/mol. The minimum absolute atomic E-state index is 0.238.